The van der Waals surface area contributed by atoms with Gasteiger partial charge in [-0.05, 0) is 17.7 Å². The van der Waals surface area contributed by atoms with Crippen LogP contribution in [-0.4, -0.2) is 31.2 Å². The molecule has 3 aromatic rings. The van der Waals surface area contributed by atoms with Crippen molar-refractivity contribution in [3.8, 4) is 0 Å². The van der Waals surface area contributed by atoms with E-state index >= 15 is 0 Å². The van der Waals surface area contributed by atoms with Crippen molar-refractivity contribution in [1.82, 2.24) is 4.98 Å². The number of rotatable bonds is 7. The lowest BCUT2D eigenvalue weighted by Gasteiger charge is -2.24. The van der Waals surface area contributed by atoms with Gasteiger partial charge in [0.05, 0.1) is 17.5 Å². The minimum Gasteiger partial charge on any atom is -0.391 e. The minimum absolute atomic E-state index is 0.0559. The van der Waals surface area contributed by atoms with E-state index in [2.05, 4.69) is 4.98 Å². The van der Waals surface area contributed by atoms with Crippen LogP contribution in [0, 0.1) is 0 Å². The van der Waals surface area contributed by atoms with Gasteiger partial charge in [0.25, 0.3) is 10.0 Å². The maximum atomic E-state index is 13.0. The van der Waals surface area contributed by atoms with Crippen molar-refractivity contribution < 1.29 is 13.5 Å². The van der Waals surface area contributed by atoms with Gasteiger partial charge in [-0.1, -0.05) is 48.5 Å². The summed E-state index contributed by atoms with van der Waals surface area (Å²) < 4.78 is 27.2. The largest absolute Gasteiger partial charge is 0.391 e. The van der Waals surface area contributed by atoms with Gasteiger partial charge in [0, 0.05) is 18.0 Å². The zero-order valence-electron chi connectivity index (χ0n) is 13.4. The van der Waals surface area contributed by atoms with Crippen molar-refractivity contribution in [3.05, 3.63) is 77.8 Å². The molecule has 0 fully saturated rings. The lowest BCUT2D eigenvalue weighted by molar-refractivity contribution is 0.184. The average Bonchev–Trinajstić information content (AvgIpc) is 3.15. The fraction of sp³-hybridized carbons (Fsp3) is 0.167. The molecule has 1 N–H and O–H groups in total. The summed E-state index contributed by atoms with van der Waals surface area (Å²) in [6.45, 7) is -0.0559. The molecule has 0 saturated heterocycles. The minimum atomic E-state index is -3.79. The molecule has 0 aliphatic rings. The quantitative estimate of drug-likeness (QED) is 0.690. The van der Waals surface area contributed by atoms with Crippen molar-refractivity contribution in [2.75, 3.05) is 10.8 Å². The maximum absolute atomic E-state index is 13.0. The summed E-state index contributed by atoms with van der Waals surface area (Å²) in [5, 5.41) is 12.5. The third kappa shape index (κ3) is 4.25. The van der Waals surface area contributed by atoms with E-state index in [0.29, 0.717) is 11.6 Å². The van der Waals surface area contributed by atoms with E-state index in [-0.39, 0.29) is 11.4 Å². The van der Waals surface area contributed by atoms with Crippen LogP contribution in [0.5, 0.6) is 0 Å². The van der Waals surface area contributed by atoms with Gasteiger partial charge in [0.2, 0.25) is 0 Å². The van der Waals surface area contributed by atoms with Gasteiger partial charge in [-0.15, -0.1) is 11.3 Å². The number of aromatic nitrogens is 1. The van der Waals surface area contributed by atoms with E-state index < -0.39 is 16.1 Å². The van der Waals surface area contributed by atoms with Crippen molar-refractivity contribution in [2.24, 2.45) is 0 Å². The van der Waals surface area contributed by atoms with Gasteiger partial charge in [0.1, 0.15) is 0 Å². The second-order valence-corrected chi connectivity index (χ2v) is 8.24. The van der Waals surface area contributed by atoms with Crippen LogP contribution in [0.15, 0.2) is 77.1 Å². The number of sulfonamides is 1. The Bertz CT molecular complexity index is 883. The summed E-state index contributed by atoms with van der Waals surface area (Å²) in [5.74, 6) is 0. The third-order valence-electron chi connectivity index (χ3n) is 3.65. The second-order valence-electron chi connectivity index (χ2n) is 5.51. The molecule has 0 radical (unpaired) electrons. The highest BCUT2D eigenvalue weighted by Gasteiger charge is 2.28. The third-order valence-corrected chi connectivity index (χ3v) is 6.33. The van der Waals surface area contributed by atoms with Crippen LogP contribution in [0.25, 0.3) is 0 Å². The molecule has 2 aromatic carbocycles. The second kappa shape index (κ2) is 7.77. The Balaban J connectivity index is 1.86. The van der Waals surface area contributed by atoms with Crippen molar-refractivity contribution in [3.63, 3.8) is 0 Å². The standard InChI is InChI=1S/C18H18N2O3S2/c21-16(13-15-7-3-1-4-8-15)14-20(18-19-11-12-24-18)25(22,23)17-9-5-2-6-10-17/h1-12,16,21H,13-14H2. The van der Waals surface area contributed by atoms with Gasteiger partial charge in [0.15, 0.2) is 5.13 Å². The first kappa shape index (κ1) is 17.6. The first-order valence-corrected chi connectivity index (χ1v) is 10.1. The molecule has 1 aromatic heterocycles. The molecule has 0 aliphatic heterocycles. The van der Waals surface area contributed by atoms with Crippen LogP contribution < -0.4 is 4.31 Å². The zero-order valence-corrected chi connectivity index (χ0v) is 15.0. The predicted molar refractivity (Wildman–Crippen MR) is 99.2 cm³/mol. The first-order chi connectivity index (χ1) is 12.1. The molecule has 5 nitrogen and oxygen atoms in total. The Kier molecular flexibility index (Phi) is 5.47. The van der Waals surface area contributed by atoms with Crippen molar-refractivity contribution in [1.29, 1.82) is 0 Å². The molecule has 1 heterocycles. The molecular weight excluding hydrogens is 356 g/mol. The summed E-state index contributed by atoms with van der Waals surface area (Å²) >= 11 is 1.23. The summed E-state index contributed by atoms with van der Waals surface area (Å²) in [4.78, 5) is 4.30. The highest BCUT2D eigenvalue weighted by Crippen LogP contribution is 2.26. The molecule has 0 saturated carbocycles. The van der Waals surface area contributed by atoms with E-state index in [4.69, 9.17) is 0 Å². The normalized spacial score (nSPS) is 12.7. The molecule has 130 valence electrons. The smallest absolute Gasteiger partial charge is 0.266 e. The van der Waals surface area contributed by atoms with Crippen LogP contribution in [0.2, 0.25) is 0 Å². The molecule has 0 bridgehead atoms. The number of nitrogens with zero attached hydrogens (tertiary/aromatic N) is 2. The van der Waals surface area contributed by atoms with Crippen LogP contribution >= 0.6 is 11.3 Å². The van der Waals surface area contributed by atoms with E-state index in [1.165, 1.54) is 15.6 Å². The average molecular weight is 374 g/mol. The van der Waals surface area contributed by atoms with E-state index in [9.17, 15) is 13.5 Å². The molecule has 1 unspecified atom stereocenters. The molecule has 0 amide bonds. The van der Waals surface area contributed by atoms with Gasteiger partial charge >= 0.3 is 0 Å². The molecule has 7 heteroatoms. The summed E-state index contributed by atoms with van der Waals surface area (Å²) in [5.41, 5.74) is 0.950. The van der Waals surface area contributed by atoms with Gasteiger partial charge in [-0.25, -0.2) is 17.7 Å². The van der Waals surface area contributed by atoms with Gasteiger partial charge in [-0.2, -0.15) is 0 Å². The number of aliphatic hydroxyl groups is 1. The SMILES string of the molecule is O=S(=O)(c1ccccc1)N(CC(O)Cc1ccccc1)c1nccs1. The number of hydrogen-bond acceptors (Lipinski definition) is 5. The zero-order chi connectivity index (χ0) is 17.7. The highest BCUT2D eigenvalue weighted by atomic mass is 32.2. The Morgan fingerprint density at radius 1 is 1.04 bits per heavy atom. The fourth-order valence-corrected chi connectivity index (χ4v) is 4.84. The Labute approximate surface area is 151 Å². The summed E-state index contributed by atoms with van der Waals surface area (Å²) in [6.07, 6.45) is 1.08. The van der Waals surface area contributed by atoms with Crippen LogP contribution in [0.1, 0.15) is 5.56 Å². The van der Waals surface area contributed by atoms with Crippen molar-refractivity contribution in [2.45, 2.75) is 17.4 Å². The van der Waals surface area contributed by atoms with Gasteiger partial charge < -0.3 is 5.11 Å². The lowest BCUT2D eigenvalue weighted by atomic mass is 10.1. The first-order valence-electron chi connectivity index (χ1n) is 7.76. The number of aliphatic hydroxyl groups excluding tert-OH is 1. The van der Waals surface area contributed by atoms with E-state index in [1.54, 1.807) is 41.9 Å². The van der Waals surface area contributed by atoms with Crippen LogP contribution in [-0.2, 0) is 16.4 Å². The monoisotopic (exact) mass is 374 g/mol. The number of thiazole rings is 1. The molecule has 3 rings (SSSR count). The van der Waals surface area contributed by atoms with E-state index in [0.717, 1.165) is 5.56 Å². The van der Waals surface area contributed by atoms with Crippen LogP contribution in [0.4, 0.5) is 5.13 Å². The Morgan fingerprint density at radius 2 is 1.68 bits per heavy atom. The van der Waals surface area contributed by atoms with Gasteiger partial charge in [-0.3, -0.25) is 0 Å². The van der Waals surface area contributed by atoms with E-state index in [1.807, 2.05) is 30.3 Å². The molecular formula is C18H18N2O3S2. The summed E-state index contributed by atoms with van der Waals surface area (Å²) in [7, 11) is -3.79. The Hall–Kier alpha value is -2.22. The lowest BCUT2D eigenvalue weighted by Crippen LogP contribution is -2.38. The molecule has 0 spiro atoms. The summed E-state index contributed by atoms with van der Waals surface area (Å²) in [6, 6.07) is 17.7. The highest BCUT2D eigenvalue weighted by molar-refractivity contribution is 7.93. The topological polar surface area (TPSA) is 70.5 Å². The molecule has 0 aliphatic carbocycles. The fourth-order valence-electron chi connectivity index (χ4n) is 2.48. The number of anilines is 1. The number of benzene rings is 2. The Morgan fingerprint density at radius 3 is 2.28 bits per heavy atom. The number of hydrogen-bond donors (Lipinski definition) is 1. The molecule has 1 atom stereocenters. The predicted octanol–water partition coefficient (Wildman–Crippen LogP) is 2.94. The van der Waals surface area contributed by atoms with Crippen molar-refractivity contribution >= 4 is 26.5 Å². The van der Waals surface area contributed by atoms with Crippen LogP contribution in [0.3, 0.4) is 0 Å². The molecule has 25 heavy (non-hydrogen) atoms. The maximum Gasteiger partial charge on any atom is 0.266 e.